The maximum atomic E-state index is 13.9. The van der Waals surface area contributed by atoms with Crippen LogP contribution >= 0.6 is 15.9 Å². The smallest absolute Gasteiger partial charge is 0.279 e. The molecular weight excluding hydrogens is 588 g/mol. The number of nitrogens with zero attached hydrogens (tertiary/aromatic N) is 2. The van der Waals surface area contributed by atoms with Crippen LogP contribution in [0.2, 0.25) is 0 Å². The Balaban J connectivity index is 1.60. The Bertz CT molecular complexity index is 1670. The van der Waals surface area contributed by atoms with Gasteiger partial charge in [-0.25, -0.2) is 0 Å². The van der Waals surface area contributed by atoms with Crippen LogP contribution in [0.15, 0.2) is 128 Å². The first-order valence-electron chi connectivity index (χ1n) is 11.4. The van der Waals surface area contributed by atoms with Crippen molar-refractivity contribution in [2.45, 2.75) is 16.7 Å². The van der Waals surface area contributed by atoms with Crippen molar-refractivity contribution in [3.8, 4) is 22.3 Å². The first kappa shape index (κ1) is 25.9. The highest BCUT2D eigenvalue weighted by Gasteiger charge is 2.40. The largest absolute Gasteiger partial charge is 0.358 e. The van der Waals surface area contributed by atoms with Gasteiger partial charge >= 0.3 is 0 Å². The number of hydrogen-bond acceptors (Lipinski definition) is 6. The molecule has 0 fully saturated rings. The molecule has 4 aromatic carbocycles. The molecule has 0 amide bonds. The Hall–Kier alpha value is -3.73. The second-order valence-electron chi connectivity index (χ2n) is 8.36. The molecule has 5 aromatic rings. The number of halogens is 1. The van der Waals surface area contributed by atoms with Gasteiger partial charge in [0.2, 0.25) is 5.82 Å². The van der Waals surface area contributed by atoms with Crippen LogP contribution in [0.4, 0.5) is 5.82 Å². The molecule has 1 aromatic heterocycles. The summed E-state index contributed by atoms with van der Waals surface area (Å²) >= 11 is 3.24. The summed E-state index contributed by atoms with van der Waals surface area (Å²) in [6.07, 6.45) is 0. The predicted octanol–water partition coefficient (Wildman–Crippen LogP) is 6.66. The molecule has 38 heavy (non-hydrogen) atoms. The highest BCUT2D eigenvalue weighted by Crippen LogP contribution is 2.37. The highest BCUT2D eigenvalue weighted by atomic mass is 79.9. The zero-order valence-electron chi connectivity index (χ0n) is 20.0. The van der Waals surface area contributed by atoms with E-state index in [1.165, 1.54) is 24.3 Å². The molecule has 0 radical (unpaired) electrons. The van der Waals surface area contributed by atoms with Crippen LogP contribution in [0.1, 0.15) is 5.76 Å². The van der Waals surface area contributed by atoms with E-state index in [9.17, 15) is 16.8 Å². The molecule has 10 heteroatoms. The van der Waals surface area contributed by atoms with E-state index in [1.807, 2.05) is 60.7 Å². The van der Waals surface area contributed by atoms with Crippen molar-refractivity contribution in [1.82, 2.24) is 5.16 Å². The van der Waals surface area contributed by atoms with Crippen molar-refractivity contribution in [2.24, 2.45) is 0 Å². The molecule has 5 rings (SSSR count). The summed E-state index contributed by atoms with van der Waals surface area (Å²) in [5.74, 6) is -0.156. The van der Waals surface area contributed by atoms with Crippen molar-refractivity contribution >= 4 is 41.8 Å². The zero-order chi connectivity index (χ0) is 26.9. The summed E-state index contributed by atoms with van der Waals surface area (Å²) in [7, 11) is -9.27. The topological polar surface area (TPSA) is 97.6 Å². The lowest BCUT2D eigenvalue weighted by atomic mass is 10.1. The van der Waals surface area contributed by atoms with E-state index in [0.717, 1.165) is 22.3 Å². The van der Waals surface area contributed by atoms with E-state index >= 15 is 0 Å². The molecule has 0 saturated heterocycles. The lowest BCUT2D eigenvalue weighted by Crippen LogP contribution is -2.37. The van der Waals surface area contributed by atoms with Gasteiger partial charge in [0.25, 0.3) is 20.0 Å². The molecule has 0 aliphatic heterocycles. The average molecular weight is 610 g/mol. The lowest BCUT2D eigenvalue weighted by molar-refractivity contribution is 0.398. The van der Waals surface area contributed by atoms with Crippen molar-refractivity contribution in [1.29, 1.82) is 0 Å². The van der Waals surface area contributed by atoms with Gasteiger partial charge in [0.05, 0.1) is 9.79 Å². The van der Waals surface area contributed by atoms with Gasteiger partial charge in [0, 0.05) is 0 Å². The Morgan fingerprint density at radius 2 is 0.974 bits per heavy atom. The number of anilines is 1. The van der Waals surface area contributed by atoms with Crippen LogP contribution in [-0.2, 0) is 20.0 Å². The molecule has 7 nitrogen and oxygen atoms in total. The third kappa shape index (κ3) is 4.78. The fraction of sp³-hybridized carbons (Fsp3) is 0.0357. The van der Waals surface area contributed by atoms with Crippen molar-refractivity contribution in [2.75, 3.05) is 3.71 Å². The summed E-state index contributed by atoms with van der Waals surface area (Å²) in [4.78, 5) is -0.427. The van der Waals surface area contributed by atoms with Gasteiger partial charge in [-0.3, -0.25) is 0 Å². The number of benzene rings is 4. The molecule has 1 heterocycles. The fourth-order valence-electron chi connectivity index (χ4n) is 3.91. The number of rotatable bonds is 7. The summed E-state index contributed by atoms with van der Waals surface area (Å²) in [5, 5.41) is 3.78. The summed E-state index contributed by atoms with van der Waals surface area (Å²) < 4.78 is 61.1. The third-order valence-corrected chi connectivity index (χ3v) is 10.9. The van der Waals surface area contributed by atoms with E-state index in [0.29, 0.717) is 3.71 Å². The Morgan fingerprint density at radius 1 is 0.605 bits per heavy atom. The molecule has 0 aliphatic carbocycles. The van der Waals surface area contributed by atoms with Crippen molar-refractivity contribution in [3.05, 3.63) is 119 Å². The van der Waals surface area contributed by atoms with Gasteiger partial charge in [0.1, 0.15) is 10.2 Å². The molecule has 0 N–H and O–H groups in total. The molecule has 192 valence electrons. The van der Waals surface area contributed by atoms with Crippen LogP contribution < -0.4 is 3.71 Å². The van der Waals surface area contributed by atoms with E-state index in [2.05, 4.69) is 21.1 Å². The first-order valence-corrected chi connectivity index (χ1v) is 15.1. The molecule has 0 unspecified atom stereocenters. The fourth-order valence-corrected chi connectivity index (χ4v) is 8.07. The lowest BCUT2D eigenvalue weighted by Gasteiger charge is -2.22. The number of aromatic nitrogens is 1. The zero-order valence-corrected chi connectivity index (χ0v) is 23.2. The number of hydrogen-bond donors (Lipinski definition) is 0. The first-order chi connectivity index (χ1) is 18.2. The van der Waals surface area contributed by atoms with E-state index in [-0.39, 0.29) is 25.8 Å². The summed E-state index contributed by atoms with van der Waals surface area (Å²) in [6, 6.07) is 30.9. The number of aryl methyl sites for hydroxylation is 1. The van der Waals surface area contributed by atoms with Gasteiger partial charge in [-0.05, 0) is 69.4 Å². The standard InChI is InChI=1S/C28H21BrN2O5S2/c1-20-27(29)28(30-36-20)31(37(32,33)25-16-12-23(13-17-25)21-8-4-2-5-9-21)38(34,35)26-18-14-24(15-19-26)22-10-6-3-7-11-22/h2-19H,1H3. The second kappa shape index (κ2) is 10.2. The van der Waals surface area contributed by atoms with Gasteiger partial charge in [-0.1, -0.05) is 90.1 Å². The van der Waals surface area contributed by atoms with Crippen LogP contribution in [0.5, 0.6) is 0 Å². The maximum absolute atomic E-state index is 13.9. The average Bonchev–Trinajstić information content (AvgIpc) is 3.26. The molecule has 0 atom stereocenters. The van der Waals surface area contributed by atoms with E-state index in [4.69, 9.17) is 4.52 Å². The van der Waals surface area contributed by atoms with Gasteiger partial charge in [-0.2, -0.15) is 16.8 Å². The third-order valence-electron chi connectivity index (χ3n) is 5.90. The van der Waals surface area contributed by atoms with Gasteiger partial charge in [-0.15, -0.1) is 3.71 Å². The van der Waals surface area contributed by atoms with Crippen LogP contribution in [0, 0.1) is 6.92 Å². The number of sulfonamides is 2. The Kier molecular flexibility index (Phi) is 6.95. The summed E-state index contributed by atoms with van der Waals surface area (Å²) in [6.45, 7) is 1.54. The molecule has 0 spiro atoms. The minimum absolute atomic E-state index is 0.117. The van der Waals surface area contributed by atoms with E-state index < -0.39 is 20.0 Å². The van der Waals surface area contributed by atoms with Gasteiger partial charge < -0.3 is 4.52 Å². The van der Waals surface area contributed by atoms with Crippen LogP contribution in [0.25, 0.3) is 22.3 Å². The quantitative estimate of drug-likeness (QED) is 0.205. The van der Waals surface area contributed by atoms with Gasteiger partial charge in [0.15, 0.2) is 0 Å². The van der Waals surface area contributed by atoms with Crippen molar-refractivity contribution in [3.63, 3.8) is 0 Å². The Labute approximate surface area is 229 Å². The van der Waals surface area contributed by atoms with Crippen LogP contribution in [-0.4, -0.2) is 22.0 Å². The highest BCUT2D eigenvalue weighted by molar-refractivity contribution is 9.10. The SMILES string of the molecule is Cc1onc(N(S(=O)(=O)c2ccc(-c3ccccc3)cc2)S(=O)(=O)c2ccc(-c3ccccc3)cc2)c1Br. The minimum atomic E-state index is -4.64. The minimum Gasteiger partial charge on any atom is -0.358 e. The predicted molar refractivity (Wildman–Crippen MR) is 150 cm³/mol. The monoisotopic (exact) mass is 608 g/mol. The molecule has 0 aliphatic rings. The van der Waals surface area contributed by atoms with Crippen molar-refractivity contribution < 1.29 is 21.4 Å². The normalized spacial score (nSPS) is 11.8. The molecule has 0 saturated carbocycles. The molecular formula is C28H21BrN2O5S2. The summed E-state index contributed by atoms with van der Waals surface area (Å²) in [5.41, 5.74) is 3.37. The maximum Gasteiger partial charge on any atom is 0.279 e. The second-order valence-corrected chi connectivity index (χ2v) is 13.0. The van der Waals surface area contributed by atoms with Crippen LogP contribution in [0.3, 0.4) is 0 Å². The van der Waals surface area contributed by atoms with E-state index in [1.54, 1.807) is 31.2 Å². The Morgan fingerprint density at radius 3 is 1.32 bits per heavy atom. The molecule has 0 bridgehead atoms.